The van der Waals surface area contributed by atoms with E-state index in [9.17, 15) is 13.2 Å². The second kappa shape index (κ2) is 6.96. The molecule has 5 heteroatoms. The summed E-state index contributed by atoms with van der Waals surface area (Å²) >= 11 is 6.00. The number of halogens is 4. The van der Waals surface area contributed by atoms with Crippen LogP contribution < -0.4 is 5.32 Å². The molecule has 112 valence electrons. The standard InChI is InChI=1S/C16H15ClF3N/c1-2-21-16(13-8-11(18)5-6-15(13)20)7-10-3-4-12(19)9-14(10)17/h3-6,8-9,16,21H,2,7H2,1H3. The van der Waals surface area contributed by atoms with Crippen LogP contribution in [0.1, 0.15) is 24.1 Å². The lowest BCUT2D eigenvalue weighted by Gasteiger charge is -2.20. The summed E-state index contributed by atoms with van der Waals surface area (Å²) in [6, 6.07) is 6.97. The summed E-state index contributed by atoms with van der Waals surface area (Å²) in [6.07, 6.45) is 0.341. The van der Waals surface area contributed by atoms with Gasteiger partial charge in [0.1, 0.15) is 17.5 Å². The van der Waals surface area contributed by atoms with Crippen LogP contribution in [0.3, 0.4) is 0 Å². The number of hydrogen-bond acceptors (Lipinski definition) is 1. The van der Waals surface area contributed by atoms with E-state index < -0.39 is 23.5 Å². The molecular formula is C16H15ClF3N. The van der Waals surface area contributed by atoms with E-state index in [4.69, 9.17) is 11.6 Å². The van der Waals surface area contributed by atoms with Gasteiger partial charge in [-0.25, -0.2) is 13.2 Å². The molecule has 0 amide bonds. The monoisotopic (exact) mass is 313 g/mol. The first-order chi connectivity index (χ1) is 10.0. The third-order valence-electron chi connectivity index (χ3n) is 3.22. The highest BCUT2D eigenvalue weighted by atomic mass is 35.5. The summed E-state index contributed by atoms with van der Waals surface area (Å²) in [6.45, 7) is 2.45. The minimum Gasteiger partial charge on any atom is -0.310 e. The lowest BCUT2D eigenvalue weighted by Crippen LogP contribution is -2.24. The maximum absolute atomic E-state index is 13.9. The highest BCUT2D eigenvalue weighted by Crippen LogP contribution is 2.26. The molecule has 1 atom stereocenters. The van der Waals surface area contributed by atoms with Gasteiger partial charge in [-0.05, 0) is 48.9 Å². The Morgan fingerprint density at radius 2 is 1.71 bits per heavy atom. The van der Waals surface area contributed by atoms with E-state index in [2.05, 4.69) is 5.32 Å². The first-order valence-electron chi connectivity index (χ1n) is 6.63. The molecular weight excluding hydrogens is 299 g/mol. The van der Waals surface area contributed by atoms with E-state index >= 15 is 0 Å². The van der Waals surface area contributed by atoms with Crippen molar-refractivity contribution in [2.75, 3.05) is 6.54 Å². The maximum atomic E-state index is 13.9. The molecule has 2 aromatic rings. The van der Waals surface area contributed by atoms with E-state index in [1.807, 2.05) is 6.92 Å². The SMILES string of the molecule is CCNC(Cc1ccc(F)cc1Cl)c1cc(F)ccc1F. The van der Waals surface area contributed by atoms with E-state index in [0.29, 0.717) is 18.5 Å². The molecule has 0 aromatic heterocycles. The van der Waals surface area contributed by atoms with Gasteiger partial charge in [0.25, 0.3) is 0 Å². The minimum atomic E-state index is -0.500. The van der Waals surface area contributed by atoms with Crippen LogP contribution in [0.5, 0.6) is 0 Å². The first kappa shape index (κ1) is 15.9. The fourth-order valence-electron chi connectivity index (χ4n) is 2.23. The Balaban J connectivity index is 2.32. The second-order valence-electron chi connectivity index (χ2n) is 4.72. The van der Waals surface area contributed by atoms with Crippen LogP contribution in [-0.2, 0) is 6.42 Å². The van der Waals surface area contributed by atoms with Gasteiger partial charge >= 0.3 is 0 Å². The Labute approximate surface area is 126 Å². The number of likely N-dealkylation sites (N-methyl/N-ethyl adjacent to an activating group) is 1. The molecule has 0 heterocycles. The smallest absolute Gasteiger partial charge is 0.128 e. The van der Waals surface area contributed by atoms with E-state index in [-0.39, 0.29) is 10.6 Å². The summed E-state index contributed by atoms with van der Waals surface area (Å²) < 4.78 is 40.3. The van der Waals surface area contributed by atoms with Crippen molar-refractivity contribution in [3.8, 4) is 0 Å². The van der Waals surface area contributed by atoms with Gasteiger partial charge in [0, 0.05) is 16.6 Å². The number of benzene rings is 2. The van der Waals surface area contributed by atoms with Crippen molar-refractivity contribution in [2.45, 2.75) is 19.4 Å². The average molecular weight is 314 g/mol. The van der Waals surface area contributed by atoms with Crippen molar-refractivity contribution in [2.24, 2.45) is 0 Å². The van der Waals surface area contributed by atoms with Gasteiger partial charge in [0.15, 0.2) is 0 Å². The fourth-order valence-corrected chi connectivity index (χ4v) is 2.47. The molecule has 0 fully saturated rings. The fraction of sp³-hybridized carbons (Fsp3) is 0.250. The summed E-state index contributed by atoms with van der Waals surface area (Å²) in [5, 5.41) is 3.37. The summed E-state index contributed by atoms with van der Waals surface area (Å²) in [7, 11) is 0. The zero-order valence-electron chi connectivity index (χ0n) is 11.5. The van der Waals surface area contributed by atoms with Gasteiger partial charge in [-0.3, -0.25) is 0 Å². The van der Waals surface area contributed by atoms with Crippen LogP contribution in [0.4, 0.5) is 13.2 Å². The molecule has 0 aliphatic rings. The highest BCUT2D eigenvalue weighted by Gasteiger charge is 2.18. The molecule has 2 aromatic carbocycles. The highest BCUT2D eigenvalue weighted by molar-refractivity contribution is 6.31. The molecule has 0 saturated carbocycles. The lowest BCUT2D eigenvalue weighted by molar-refractivity contribution is 0.501. The van der Waals surface area contributed by atoms with Crippen molar-refractivity contribution in [1.82, 2.24) is 5.32 Å². The van der Waals surface area contributed by atoms with Crippen LogP contribution in [0.2, 0.25) is 5.02 Å². The van der Waals surface area contributed by atoms with Crippen LogP contribution >= 0.6 is 11.6 Å². The third-order valence-corrected chi connectivity index (χ3v) is 3.57. The Bertz CT molecular complexity index is 631. The molecule has 0 spiro atoms. The largest absolute Gasteiger partial charge is 0.310 e. The number of hydrogen-bond donors (Lipinski definition) is 1. The topological polar surface area (TPSA) is 12.0 Å². The predicted molar refractivity (Wildman–Crippen MR) is 77.9 cm³/mol. The molecule has 0 saturated heterocycles. The summed E-state index contributed by atoms with van der Waals surface area (Å²) in [5.74, 6) is -1.42. The van der Waals surface area contributed by atoms with E-state index in [0.717, 1.165) is 12.1 Å². The van der Waals surface area contributed by atoms with E-state index in [1.54, 1.807) is 6.07 Å². The third kappa shape index (κ3) is 3.99. The van der Waals surface area contributed by atoms with Gasteiger partial charge < -0.3 is 5.32 Å². The van der Waals surface area contributed by atoms with Gasteiger partial charge in [0.05, 0.1) is 0 Å². The minimum absolute atomic E-state index is 0.234. The Morgan fingerprint density at radius 1 is 1.05 bits per heavy atom. The zero-order chi connectivity index (χ0) is 15.4. The lowest BCUT2D eigenvalue weighted by atomic mass is 9.98. The van der Waals surface area contributed by atoms with Crippen molar-refractivity contribution in [3.63, 3.8) is 0 Å². The maximum Gasteiger partial charge on any atom is 0.128 e. The summed E-state index contributed by atoms with van der Waals surface area (Å²) in [5.41, 5.74) is 0.907. The molecule has 1 N–H and O–H groups in total. The molecule has 0 aliphatic heterocycles. The molecule has 1 unspecified atom stereocenters. The normalized spacial score (nSPS) is 12.4. The van der Waals surface area contributed by atoms with Crippen molar-refractivity contribution in [3.05, 3.63) is 70.0 Å². The Kier molecular flexibility index (Phi) is 5.26. The van der Waals surface area contributed by atoms with Crippen LogP contribution in [0.25, 0.3) is 0 Å². The van der Waals surface area contributed by atoms with Crippen molar-refractivity contribution < 1.29 is 13.2 Å². The van der Waals surface area contributed by atoms with Crippen molar-refractivity contribution >= 4 is 11.6 Å². The molecule has 0 bridgehead atoms. The van der Waals surface area contributed by atoms with Crippen LogP contribution in [0, 0.1) is 17.5 Å². The molecule has 1 nitrogen and oxygen atoms in total. The molecule has 21 heavy (non-hydrogen) atoms. The summed E-state index contributed by atoms with van der Waals surface area (Å²) in [4.78, 5) is 0. The van der Waals surface area contributed by atoms with Crippen LogP contribution in [-0.4, -0.2) is 6.54 Å². The van der Waals surface area contributed by atoms with E-state index in [1.165, 1.54) is 18.2 Å². The number of rotatable bonds is 5. The van der Waals surface area contributed by atoms with Crippen molar-refractivity contribution in [1.29, 1.82) is 0 Å². The second-order valence-corrected chi connectivity index (χ2v) is 5.12. The van der Waals surface area contributed by atoms with Gasteiger partial charge in [-0.1, -0.05) is 24.6 Å². The molecule has 2 rings (SSSR count). The molecule has 0 aliphatic carbocycles. The number of nitrogens with one attached hydrogen (secondary N) is 1. The van der Waals surface area contributed by atoms with Gasteiger partial charge in [0.2, 0.25) is 0 Å². The Morgan fingerprint density at radius 3 is 2.38 bits per heavy atom. The average Bonchev–Trinajstić information content (AvgIpc) is 2.44. The predicted octanol–water partition coefficient (Wildman–Crippen LogP) is 4.65. The zero-order valence-corrected chi connectivity index (χ0v) is 12.2. The molecule has 0 radical (unpaired) electrons. The van der Waals surface area contributed by atoms with Crippen LogP contribution in [0.15, 0.2) is 36.4 Å². The first-order valence-corrected chi connectivity index (χ1v) is 7.01. The quantitative estimate of drug-likeness (QED) is 0.847. The Hall–Kier alpha value is -1.52. The van der Waals surface area contributed by atoms with Gasteiger partial charge in [-0.15, -0.1) is 0 Å². The van der Waals surface area contributed by atoms with Gasteiger partial charge in [-0.2, -0.15) is 0 Å².